The molecule has 150 valence electrons. The second-order valence-corrected chi connectivity index (χ2v) is 7.45. The number of likely N-dealkylation sites (tertiary alicyclic amines) is 1. The highest BCUT2D eigenvalue weighted by Gasteiger charge is 2.19. The minimum atomic E-state index is -0.252. The van der Waals surface area contributed by atoms with Gasteiger partial charge in [0.25, 0.3) is 5.91 Å². The van der Waals surface area contributed by atoms with Crippen LogP contribution >= 0.6 is 0 Å². The molecule has 4 rings (SSSR count). The van der Waals surface area contributed by atoms with E-state index in [4.69, 9.17) is 4.74 Å². The molecule has 2 aliphatic heterocycles. The van der Waals surface area contributed by atoms with Gasteiger partial charge in [-0.05, 0) is 73.2 Å². The summed E-state index contributed by atoms with van der Waals surface area (Å²) in [5.74, 6) is -0.139. The molecule has 0 spiro atoms. The molecular weight excluding hydrogens is 364 g/mol. The molecule has 0 atom stereocenters. The van der Waals surface area contributed by atoms with Gasteiger partial charge in [-0.2, -0.15) is 0 Å². The van der Waals surface area contributed by atoms with Gasteiger partial charge in [0.05, 0.1) is 6.61 Å². The van der Waals surface area contributed by atoms with Crippen LogP contribution in [0.25, 0.3) is 17.2 Å². The Bertz CT molecular complexity index is 941. The predicted molar refractivity (Wildman–Crippen MR) is 115 cm³/mol. The maximum absolute atomic E-state index is 12.5. The highest BCUT2D eigenvalue weighted by molar-refractivity contribution is 5.96. The van der Waals surface area contributed by atoms with Crippen molar-refractivity contribution in [3.05, 3.63) is 59.2 Å². The predicted octanol–water partition coefficient (Wildman–Crippen LogP) is 4.35. The molecule has 29 heavy (non-hydrogen) atoms. The summed E-state index contributed by atoms with van der Waals surface area (Å²) in [6.45, 7) is 4.60. The van der Waals surface area contributed by atoms with Crippen molar-refractivity contribution in [1.82, 2.24) is 4.90 Å². The zero-order valence-corrected chi connectivity index (χ0v) is 16.7. The zero-order valence-electron chi connectivity index (χ0n) is 16.7. The van der Waals surface area contributed by atoms with E-state index in [1.807, 2.05) is 48.2 Å². The number of amides is 1. The number of nitrogens with zero attached hydrogens (tertiary/aromatic N) is 1. The fourth-order valence-corrected chi connectivity index (χ4v) is 3.91. The summed E-state index contributed by atoms with van der Waals surface area (Å²) >= 11 is 0. The van der Waals surface area contributed by atoms with Crippen molar-refractivity contribution in [2.45, 2.75) is 26.2 Å². The molecule has 5 heteroatoms. The molecule has 2 aromatic carbocycles. The van der Waals surface area contributed by atoms with Crippen LogP contribution in [0.1, 0.15) is 42.1 Å². The van der Waals surface area contributed by atoms with Crippen LogP contribution < -0.4 is 5.32 Å². The Morgan fingerprint density at radius 3 is 2.48 bits per heavy atom. The molecule has 1 amide bonds. The number of hydrogen-bond acceptors (Lipinski definition) is 4. The van der Waals surface area contributed by atoms with Crippen molar-refractivity contribution in [1.29, 1.82) is 0 Å². The van der Waals surface area contributed by atoms with E-state index in [1.54, 1.807) is 0 Å². The number of nitrogens with one attached hydrogen (secondary N) is 1. The minimum Gasteiger partial charge on any atom is -0.463 e. The Morgan fingerprint density at radius 1 is 1.03 bits per heavy atom. The first kappa shape index (κ1) is 19.2. The standard InChI is InChI=1S/C24H26N2O3/c1-2-29-24(28)20-11-12-25-22-10-9-19(15-21(22)16-20)17-5-7-18(8-6-17)23(27)26-13-3-4-14-26/h5-10,15-16,25H,2-4,11-14H2,1H3. The van der Waals surface area contributed by atoms with E-state index in [9.17, 15) is 9.59 Å². The quantitative estimate of drug-likeness (QED) is 0.789. The number of carbonyl (C=O) groups is 2. The van der Waals surface area contributed by atoms with Crippen molar-refractivity contribution >= 4 is 23.6 Å². The van der Waals surface area contributed by atoms with Gasteiger partial charge >= 0.3 is 5.97 Å². The van der Waals surface area contributed by atoms with Crippen molar-refractivity contribution in [3.8, 4) is 11.1 Å². The van der Waals surface area contributed by atoms with Crippen LogP contribution in [-0.2, 0) is 9.53 Å². The molecule has 0 radical (unpaired) electrons. The lowest BCUT2D eigenvalue weighted by molar-refractivity contribution is -0.138. The van der Waals surface area contributed by atoms with Crippen molar-refractivity contribution in [2.75, 3.05) is 31.6 Å². The van der Waals surface area contributed by atoms with Gasteiger partial charge in [-0.3, -0.25) is 4.79 Å². The second kappa shape index (κ2) is 8.52. The minimum absolute atomic E-state index is 0.113. The first-order chi connectivity index (χ1) is 14.2. The molecule has 1 N–H and O–H groups in total. The summed E-state index contributed by atoms with van der Waals surface area (Å²) in [5, 5.41) is 3.38. The lowest BCUT2D eigenvalue weighted by atomic mass is 9.99. The largest absolute Gasteiger partial charge is 0.463 e. The lowest BCUT2D eigenvalue weighted by Crippen LogP contribution is -2.27. The average molecular weight is 390 g/mol. The summed E-state index contributed by atoms with van der Waals surface area (Å²) < 4.78 is 5.17. The lowest BCUT2D eigenvalue weighted by Gasteiger charge is -2.15. The van der Waals surface area contributed by atoms with Gasteiger partial charge in [0.1, 0.15) is 0 Å². The van der Waals surface area contributed by atoms with Crippen LogP contribution in [0.15, 0.2) is 48.0 Å². The number of benzene rings is 2. The highest BCUT2D eigenvalue weighted by atomic mass is 16.5. The molecular formula is C24H26N2O3. The molecule has 0 aliphatic carbocycles. The molecule has 0 aromatic heterocycles. The molecule has 1 fully saturated rings. The number of carbonyl (C=O) groups excluding carboxylic acids is 2. The topological polar surface area (TPSA) is 58.6 Å². The van der Waals surface area contributed by atoms with Gasteiger partial charge in [-0.15, -0.1) is 0 Å². The Hall–Kier alpha value is -3.08. The summed E-state index contributed by atoms with van der Waals surface area (Å²) in [6.07, 6.45) is 4.74. The van der Waals surface area contributed by atoms with Gasteiger partial charge < -0.3 is 15.0 Å². The van der Waals surface area contributed by atoms with Gasteiger partial charge in [0.2, 0.25) is 0 Å². The highest BCUT2D eigenvalue weighted by Crippen LogP contribution is 2.30. The second-order valence-electron chi connectivity index (χ2n) is 7.45. The van der Waals surface area contributed by atoms with E-state index in [-0.39, 0.29) is 11.9 Å². The molecule has 5 nitrogen and oxygen atoms in total. The monoisotopic (exact) mass is 390 g/mol. The first-order valence-corrected chi connectivity index (χ1v) is 10.3. The fraction of sp³-hybridized carbons (Fsp3) is 0.333. The van der Waals surface area contributed by atoms with Gasteiger partial charge in [-0.25, -0.2) is 4.79 Å². The summed E-state index contributed by atoms with van der Waals surface area (Å²) in [7, 11) is 0. The Morgan fingerprint density at radius 2 is 1.76 bits per heavy atom. The Balaban J connectivity index is 1.59. The molecule has 1 saturated heterocycles. The van der Waals surface area contributed by atoms with Gasteiger partial charge in [0.15, 0.2) is 0 Å². The Kier molecular flexibility index (Phi) is 5.65. The van der Waals surface area contributed by atoms with E-state index in [2.05, 4.69) is 17.4 Å². The summed E-state index contributed by atoms with van der Waals surface area (Å²) in [4.78, 5) is 26.6. The Labute approximate surface area is 171 Å². The van der Waals surface area contributed by atoms with E-state index in [0.717, 1.165) is 53.9 Å². The summed E-state index contributed by atoms with van der Waals surface area (Å²) in [6, 6.07) is 14.0. The van der Waals surface area contributed by atoms with Crippen molar-refractivity contribution in [3.63, 3.8) is 0 Å². The molecule has 0 unspecified atom stereocenters. The maximum atomic E-state index is 12.5. The first-order valence-electron chi connectivity index (χ1n) is 10.3. The number of anilines is 1. The van der Waals surface area contributed by atoms with Gasteiger partial charge in [0, 0.05) is 36.5 Å². The van der Waals surface area contributed by atoms with E-state index in [1.165, 1.54) is 0 Å². The van der Waals surface area contributed by atoms with Crippen LogP contribution in [0.2, 0.25) is 0 Å². The third-order valence-electron chi connectivity index (χ3n) is 5.49. The smallest absolute Gasteiger partial charge is 0.334 e. The fourth-order valence-electron chi connectivity index (χ4n) is 3.91. The van der Waals surface area contributed by atoms with E-state index in [0.29, 0.717) is 25.1 Å². The normalized spacial score (nSPS) is 15.8. The van der Waals surface area contributed by atoms with Crippen LogP contribution in [-0.4, -0.2) is 43.0 Å². The third kappa shape index (κ3) is 4.19. The molecule has 0 bridgehead atoms. The van der Waals surface area contributed by atoms with E-state index >= 15 is 0 Å². The molecule has 0 saturated carbocycles. The number of fused-ring (bicyclic) bond motifs is 1. The maximum Gasteiger partial charge on any atom is 0.334 e. The molecule has 2 aromatic rings. The number of rotatable bonds is 4. The number of hydrogen-bond donors (Lipinski definition) is 1. The zero-order chi connectivity index (χ0) is 20.2. The number of ether oxygens (including phenoxy) is 1. The molecule has 2 aliphatic rings. The van der Waals surface area contributed by atoms with Crippen molar-refractivity contribution < 1.29 is 14.3 Å². The van der Waals surface area contributed by atoms with Crippen molar-refractivity contribution in [2.24, 2.45) is 0 Å². The van der Waals surface area contributed by atoms with E-state index < -0.39 is 0 Å². The van der Waals surface area contributed by atoms with Crippen LogP contribution in [0, 0.1) is 0 Å². The van der Waals surface area contributed by atoms with Gasteiger partial charge in [-0.1, -0.05) is 18.2 Å². The average Bonchev–Trinajstić information content (AvgIpc) is 3.20. The number of esters is 1. The van der Waals surface area contributed by atoms with Crippen LogP contribution in [0.4, 0.5) is 5.69 Å². The SMILES string of the molecule is CCOC(=O)C1=Cc2cc(-c3ccc(C(=O)N4CCCC4)cc3)ccc2NCC1. The van der Waals surface area contributed by atoms with Crippen LogP contribution in [0.5, 0.6) is 0 Å². The molecule has 2 heterocycles. The third-order valence-corrected chi connectivity index (χ3v) is 5.49. The van der Waals surface area contributed by atoms with Crippen LogP contribution in [0.3, 0.4) is 0 Å². The summed E-state index contributed by atoms with van der Waals surface area (Å²) in [5.41, 5.74) is 5.49.